The highest BCUT2D eigenvalue weighted by atomic mass is 15.4. The Morgan fingerprint density at radius 2 is 0.577 bits per heavy atom. The molecular weight excluding hydrogens is 1740 g/mol. The first-order chi connectivity index (χ1) is 66.5. The molecule has 142 heavy (non-hydrogen) atoms. The number of hydrogen-bond acceptors (Lipinski definition) is 17. The summed E-state index contributed by atoms with van der Waals surface area (Å²) < 4.78 is 0. The maximum absolute atomic E-state index is 2.63. The first-order valence-electron chi connectivity index (χ1n) is 58.8. The van der Waals surface area contributed by atoms with E-state index in [2.05, 4.69) is 525 Å². The molecule has 0 radical (unpaired) electrons. The lowest BCUT2D eigenvalue weighted by Crippen LogP contribution is -2.49. The molecule has 0 spiro atoms. The molecule has 0 aliphatic carbocycles. The van der Waals surface area contributed by atoms with Gasteiger partial charge in [0.2, 0.25) is 0 Å². The van der Waals surface area contributed by atoms with Crippen molar-refractivity contribution in [1.82, 2.24) is 83.3 Å². The van der Waals surface area contributed by atoms with E-state index in [0.29, 0.717) is 96.7 Å². The molecule has 830 valence electrons. The SMILES string of the molecule is CC(C)C1=CCCN(C(C)C)CC1.CC(C)C1=CN(C(C)C)C1.CC(C)C1C=CN(C(C)C)C1.CC(C)C1C=CN(C(C)C)CC1.CC(C)C1C=CN(C(C)C)CCC1.CC(C)C1CCCN(C(C)C)CC1.CC(C)N1C=CCN(C(C)C)C1.CC(C)N1C=CCN(C(C)C)C1.CC(C)N1C=CN(C(C)C)C=C1.CC(C)N1C=CN(C(C)C)CC1.CC(C)N1CC=CCCC1.CC(C)N1CCCN(C(C)C)C1. The predicted octanol–water partition coefficient (Wildman–Crippen LogP) is 29.0. The number of likely N-dealkylation sites (tertiary alicyclic amines) is 1. The highest BCUT2D eigenvalue weighted by molar-refractivity contribution is 5.17. The average Bonchev–Trinajstić information content (AvgIpc) is 1.01. The zero-order valence-electron chi connectivity index (χ0n) is 103. The van der Waals surface area contributed by atoms with Crippen molar-refractivity contribution < 1.29 is 0 Å². The summed E-state index contributed by atoms with van der Waals surface area (Å²) in [7, 11) is 0. The second kappa shape index (κ2) is 73.9. The van der Waals surface area contributed by atoms with Gasteiger partial charge in [-0.1, -0.05) is 137 Å². The molecule has 0 aromatic rings. The van der Waals surface area contributed by atoms with Crippen LogP contribution in [-0.2, 0) is 0 Å². The van der Waals surface area contributed by atoms with E-state index in [0.717, 1.165) is 118 Å². The molecule has 0 bridgehead atoms. The van der Waals surface area contributed by atoms with Gasteiger partial charge in [0.25, 0.3) is 0 Å². The van der Waals surface area contributed by atoms with Gasteiger partial charge in [-0.15, -0.1) is 0 Å². The zero-order valence-corrected chi connectivity index (χ0v) is 103. The molecule has 12 aliphatic heterocycles. The molecule has 12 rings (SSSR count). The van der Waals surface area contributed by atoms with Gasteiger partial charge in [-0.2, -0.15) is 0 Å². The van der Waals surface area contributed by atoms with Crippen molar-refractivity contribution in [1.29, 1.82) is 0 Å². The summed E-state index contributed by atoms with van der Waals surface area (Å²) in [5, 5.41) is 0. The van der Waals surface area contributed by atoms with E-state index >= 15 is 0 Å². The average molecular weight is 1990 g/mol. The molecule has 17 heteroatoms. The quantitative estimate of drug-likeness (QED) is 0.0912. The van der Waals surface area contributed by atoms with E-state index in [9.17, 15) is 0 Å². The van der Waals surface area contributed by atoms with E-state index in [1.165, 1.54) is 143 Å². The van der Waals surface area contributed by atoms with Crippen LogP contribution in [0.2, 0.25) is 0 Å². The summed E-state index contributed by atoms with van der Waals surface area (Å²) in [4.78, 5) is 41.2. The molecule has 4 unspecified atom stereocenters. The van der Waals surface area contributed by atoms with E-state index < -0.39 is 0 Å². The minimum atomic E-state index is 0.548. The van der Waals surface area contributed by atoms with Gasteiger partial charge in [0, 0.05) is 231 Å². The van der Waals surface area contributed by atoms with Crippen LogP contribution in [0, 0.1) is 59.2 Å². The molecule has 0 aromatic heterocycles. The Balaban J connectivity index is 0.000000775. The summed E-state index contributed by atoms with van der Waals surface area (Å²) in [5.41, 5.74) is 3.25. The summed E-state index contributed by atoms with van der Waals surface area (Å²) >= 11 is 0. The number of allylic oxidation sites excluding steroid dienone is 3. The third kappa shape index (κ3) is 57.0. The van der Waals surface area contributed by atoms with Crippen LogP contribution in [0.5, 0.6) is 0 Å². The number of nitrogens with zero attached hydrogens (tertiary/aromatic N) is 17. The third-order valence-corrected chi connectivity index (χ3v) is 30.7. The van der Waals surface area contributed by atoms with Crippen LogP contribution < -0.4 is 0 Å². The monoisotopic (exact) mass is 1980 g/mol. The maximum atomic E-state index is 2.63. The maximum Gasteiger partial charge on any atom is 0.0709 e. The normalized spacial score (nSPS) is 21.4. The zero-order chi connectivity index (χ0) is 108. The van der Waals surface area contributed by atoms with E-state index in [1.807, 2.05) is 0 Å². The molecule has 4 atom stereocenters. The van der Waals surface area contributed by atoms with Crippen molar-refractivity contribution in [2.24, 2.45) is 59.2 Å². The molecule has 17 nitrogen and oxygen atoms in total. The molecule has 2 fully saturated rings. The Morgan fingerprint density at radius 3 is 0.937 bits per heavy atom. The number of rotatable bonds is 23. The molecule has 12 aliphatic rings. The van der Waals surface area contributed by atoms with Gasteiger partial charge in [-0.05, 0) is 421 Å². The molecule has 2 saturated heterocycles. The van der Waals surface area contributed by atoms with Crippen molar-refractivity contribution in [2.75, 3.05) is 125 Å². The Kier molecular flexibility index (Phi) is 70.2. The van der Waals surface area contributed by atoms with Crippen LogP contribution >= 0.6 is 0 Å². The largest absolute Gasteiger partial charge is 0.375 e. The summed E-state index contributed by atoms with van der Waals surface area (Å²) in [5.74, 6) is 8.10. The first kappa shape index (κ1) is 135. The number of hydrogen-bond donors (Lipinski definition) is 0. The predicted molar refractivity (Wildman–Crippen MR) is 633 cm³/mol. The van der Waals surface area contributed by atoms with Gasteiger partial charge >= 0.3 is 0 Å². The minimum Gasteiger partial charge on any atom is -0.375 e. The lowest BCUT2D eigenvalue weighted by Gasteiger charge is -2.39. The third-order valence-electron chi connectivity index (χ3n) is 30.7. The van der Waals surface area contributed by atoms with Crippen LogP contribution in [0.1, 0.15) is 389 Å². The second-order valence-electron chi connectivity index (χ2n) is 49.6. The van der Waals surface area contributed by atoms with Gasteiger partial charge in [0.15, 0.2) is 0 Å². The molecule has 0 aromatic carbocycles. The van der Waals surface area contributed by atoms with Crippen LogP contribution in [0.15, 0.2) is 134 Å². The minimum absolute atomic E-state index is 0.548. The fraction of sp³-hybridized carbons (Fsp3) is 0.824. The van der Waals surface area contributed by atoms with Crippen LogP contribution in [0.25, 0.3) is 0 Å². The molecule has 0 saturated carbocycles. The first-order valence-corrected chi connectivity index (χ1v) is 58.8. The fourth-order valence-corrected chi connectivity index (χ4v) is 18.5. The molecule has 0 amide bonds. The Hall–Kier alpha value is -5.14. The summed E-state index contributed by atoms with van der Waals surface area (Å²) in [6.07, 6.45) is 59.8. The van der Waals surface area contributed by atoms with Crippen molar-refractivity contribution in [3.8, 4) is 0 Å². The molecule has 0 N–H and O–H groups in total. The van der Waals surface area contributed by atoms with E-state index in [4.69, 9.17) is 0 Å². The highest BCUT2D eigenvalue weighted by Gasteiger charge is 2.28. The van der Waals surface area contributed by atoms with Crippen molar-refractivity contribution in [2.45, 2.75) is 492 Å². The lowest BCUT2D eigenvalue weighted by atomic mass is 9.89. The Labute approximate surface area is 887 Å². The van der Waals surface area contributed by atoms with Crippen LogP contribution in [0.4, 0.5) is 0 Å². The topological polar surface area (TPSA) is 55.1 Å². The van der Waals surface area contributed by atoms with Crippen molar-refractivity contribution in [3.63, 3.8) is 0 Å². The molecular formula is C125H245N17. The van der Waals surface area contributed by atoms with E-state index in [1.54, 1.807) is 11.1 Å². The summed E-state index contributed by atoms with van der Waals surface area (Å²) in [6.45, 7) is 127. The van der Waals surface area contributed by atoms with Crippen molar-refractivity contribution >= 4 is 0 Å². The Morgan fingerprint density at radius 1 is 0.218 bits per heavy atom. The highest BCUT2D eigenvalue weighted by Crippen LogP contribution is 2.30. The lowest BCUT2D eigenvalue weighted by molar-refractivity contribution is 0.0430. The van der Waals surface area contributed by atoms with E-state index in [-0.39, 0.29) is 0 Å². The van der Waals surface area contributed by atoms with Crippen molar-refractivity contribution in [3.05, 3.63) is 134 Å². The van der Waals surface area contributed by atoms with Gasteiger partial charge in [0.05, 0.1) is 20.0 Å². The van der Waals surface area contributed by atoms with Gasteiger partial charge in [0.1, 0.15) is 0 Å². The van der Waals surface area contributed by atoms with Gasteiger partial charge in [-0.25, -0.2) is 0 Å². The Bertz CT molecular complexity index is 3240. The fourth-order valence-electron chi connectivity index (χ4n) is 18.5. The second-order valence-corrected chi connectivity index (χ2v) is 49.6. The van der Waals surface area contributed by atoms with Crippen LogP contribution in [-0.4, -0.2) is 311 Å². The van der Waals surface area contributed by atoms with Gasteiger partial charge in [-0.3, -0.25) is 24.5 Å². The van der Waals surface area contributed by atoms with Gasteiger partial charge < -0.3 is 58.8 Å². The smallest absolute Gasteiger partial charge is 0.0709 e. The molecule has 12 heterocycles. The van der Waals surface area contributed by atoms with Crippen LogP contribution in [0.3, 0.4) is 0 Å². The standard InChI is InChI=1S/C12H25N.2C12H23N.C11H21N.C10H20N2.C10H18N2.C10H22N2.2C10H20N2.C10H19N.2C9H17N/c3*1-10(2)12-6-5-8-13(9-7-12)11(3)4;3*1-9(2)11-5-7-12(8-6-11)10(3)4;3*1-9(2)11-6-5-7-12(8-11)10(3)4;1-8(2)10-5-6-11(7-10)9(3)4;1-7(2)9-5-10(6-9)8(3)4;1-9(2)10-7-5-3-4-6-8-10/h10-12H,5-9H2,1-4H3;7,9-12H,5-6,8H2,1-4H3;6,10-11H,5,7-9H2,1-4H3;5,7,9-11H,6,8H2,1-4H3;5,7,9-10H,6,8H2,1-4H3;5-10H,1-4H3;9-10H,5-8H2,1-4H3;2*5-6,9-10H,7-8H2,1-4H3;5-6,8-10H,7H2,1-4H3;5,7-8H,6H2,1-4H3;3,5,9H,4,6-8H2,1-2H3. The summed E-state index contributed by atoms with van der Waals surface area (Å²) in [6, 6.07) is 11.1.